The van der Waals surface area contributed by atoms with Gasteiger partial charge in [0.05, 0.1) is 4.92 Å². The summed E-state index contributed by atoms with van der Waals surface area (Å²) in [5, 5.41) is 30.9. The molecule has 0 aliphatic rings. The molecule has 0 fully saturated rings. The minimum Gasteiger partial charge on any atom is -0.479 e. The van der Waals surface area contributed by atoms with Crippen molar-refractivity contribution >= 4 is 11.7 Å². The summed E-state index contributed by atoms with van der Waals surface area (Å²) >= 11 is 0. The number of nitro benzene ring substituents is 1. The van der Waals surface area contributed by atoms with Crippen LogP contribution in [0.25, 0.3) is 0 Å². The van der Waals surface area contributed by atoms with E-state index >= 15 is 0 Å². The summed E-state index contributed by atoms with van der Waals surface area (Å²) in [7, 11) is 0. The Morgan fingerprint density at radius 3 is 2.24 bits per heavy atom. The van der Waals surface area contributed by atoms with E-state index in [1.54, 1.807) is 18.2 Å². The fraction of sp³-hybridized carbons (Fsp3) is 0.133. The fourth-order valence-corrected chi connectivity index (χ4v) is 2.18. The van der Waals surface area contributed by atoms with Gasteiger partial charge in [0.1, 0.15) is 0 Å². The standard InChI is InChI=1S/C15H13NO5/c1-10-9-12(7-8-13(10)16(20)21)15(19,14(17)18)11-5-3-2-4-6-11/h2-9,19H,1H3,(H,17,18). The molecule has 0 saturated carbocycles. The van der Waals surface area contributed by atoms with Gasteiger partial charge in [0, 0.05) is 17.2 Å². The van der Waals surface area contributed by atoms with Gasteiger partial charge in [-0.25, -0.2) is 4.79 Å². The Kier molecular flexibility index (Phi) is 3.73. The van der Waals surface area contributed by atoms with E-state index in [9.17, 15) is 25.1 Å². The highest BCUT2D eigenvalue weighted by molar-refractivity contribution is 5.84. The molecule has 2 aromatic carbocycles. The molecule has 0 radical (unpaired) electrons. The molecule has 6 nitrogen and oxygen atoms in total. The first kappa shape index (κ1) is 14.7. The molecule has 21 heavy (non-hydrogen) atoms. The van der Waals surface area contributed by atoms with Gasteiger partial charge in [0.2, 0.25) is 5.60 Å². The van der Waals surface area contributed by atoms with Gasteiger partial charge in [-0.1, -0.05) is 30.3 Å². The van der Waals surface area contributed by atoms with Gasteiger partial charge in [0.25, 0.3) is 5.69 Å². The predicted molar refractivity (Wildman–Crippen MR) is 74.9 cm³/mol. The summed E-state index contributed by atoms with van der Waals surface area (Å²) in [6.07, 6.45) is 0. The minimum atomic E-state index is -2.25. The molecule has 2 aromatic rings. The molecule has 0 saturated heterocycles. The Morgan fingerprint density at radius 2 is 1.76 bits per heavy atom. The molecule has 0 heterocycles. The molecule has 0 aromatic heterocycles. The van der Waals surface area contributed by atoms with Crippen molar-refractivity contribution in [3.63, 3.8) is 0 Å². The summed E-state index contributed by atoms with van der Waals surface area (Å²) in [4.78, 5) is 21.8. The van der Waals surface area contributed by atoms with Crippen LogP contribution in [-0.4, -0.2) is 21.1 Å². The lowest BCUT2D eigenvalue weighted by molar-refractivity contribution is -0.385. The maximum Gasteiger partial charge on any atom is 0.345 e. The average molecular weight is 287 g/mol. The number of carboxylic acids is 1. The van der Waals surface area contributed by atoms with Crippen LogP contribution in [0.3, 0.4) is 0 Å². The first-order valence-electron chi connectivity index (χ1n) is 6.14. The maximum absolute atomic E-state index is 11.6. The number of nitrogens with zero attached hydrogens (tertiary/aromatic N) is 1. The van der Waals surface area contributed by atoms with Crippen LogP contribution >= 0.6 is 0 Å². The zero-order chi connectivity index (χ0) is 15.6. The zero-order valence-electron chi connectivity index (χ0n) is 11.2. The monoisotopic (exact) mass is 287 g/mol. The molecule has 1 atom stereocenters. The van der Waals surface area contributed by atoms with Crippen LogP contribution in [0, 0.1) is 17.0 Å². The molecular weight excluding hydrogens is 274 g/mol. The normalized spacial score (nSPS) is 13.4. The Hall–Kier alpha value is -2.73. The third-order valence-corrected chi connectivity index (χ3v) is 3.31. The lowest BCUT2D eigenvalue weighted by atomic mass is 9.85. The number of aliphatic carboxylic acids is 1. The van der Waals surface area contributed by atoms with Crippen molar-refractivity contribution in [2.24, 2.45) is 0 Å². The first-order chi connectivity index (χ1) is 9.87. The van der Waals surface area contributed by atoms with E-state index in [-0.39, 0.29) is 22.4 Å². The summed E-state index contributed by atoms with van der Waals surface area (Å²) in [5.74, 6) is -1.44. The predicted octanol–water partition coefficient (Wildman–Crippen LogP) is 2.22. The van der Waals surface area contributed by atoms with Gasteiger partial charge < -0.3 is 10.2 Å². The van der Waals surface area contributed by atoms with Crippen LogP contribution in [0.2, 0.25) is 0 Å². The van der Waals surface area contributed by atoms with E-state index in [0.717, 1.165) is 0 Å². The van der Waals surface area contributed by atoms with E-state index in [2.05, 4.69) is 0 Å². The molecule has 0 bridgehead atoms. The van der Waals surface area contributed by atoms with Crippen LogP contribution in [0.15, 0.2) is 48.5 Å². The zero-order valence-corrected chi connectivity index (χ0v) is 11.2. The highest BCUT2D eigenvalue weighted by atomic mass is 16.6. The van der Waals surface area contributed by atoms with Crippen molar-refractivity contribution in [3.05, 3.63) is 75.3 Å². The number of aryl methyl sites for hydroxylation is 1. The van der Waals surface area contributed by atoms with Gasteiger partial charge in [-0.2, -0.15) is 0 Å². The fourth-order valence-electron chi connectivity index (χ4n) is 2.18. The van der Waals surface area contributed by atoms with Crippen molar-refractivity contribution in [2.45, 2.75) is 12.5 Å². The number of rotatable bonds is 4. The van der Waals surface area contributed by atoms with E-state index in [0.29, 0.717) is 0 Å². The summed E-state index contributed by atoms with van der Waals surface area (Å²) in [6.45, 7) is 1.49. The lowest BCUT2D eigenvalue weighted by Gasteiger charge is -2.24. The van der Waals surface area contributed by atoms with Gasteiger partial charge in [-0.05, 0) is 24.6 Å². The molecule has 0 amide bonds. The minimum absolute atomic E-state index is 0.0734. The second-order valence-corrected chi connectivity index (χ2v) is 4.64. The smallest absolute Gasteiger partial charge is 0.345 e. The quantitative estimate of drug-likeness (QED) is 0.663. The number of hydrogen-bond acceptors (Lipinski definition) is 4. The molecule has 0 aliphatic carbocycles. The lowest BCUT2D eigenvalue weighted by Crippen LogP contribution is -2.36. The Labute approximate surface area is 120 Å². The molecule has 108 valence electrons. The van der Waals surface area contributed by atoms with Crippen LogP contribution < -0.4 is 0 Å². The molecule has 6 heteroatoms. The molecule has 1 unspecified atom stereocenters. The van der Waals surface area contributed by atoms with Crippen molar-refractivity contribution in [1.82, 2.24) is 0 Å². The highest BCUT2D eigenvalue weighted by Crippen LogP contribution is 2.32. The second kappa shape index (κ2) is 5.34. The largest absolute Gasteiger partial charge is 0.479 e. The third kappa shape index (κ3) is 2.48. The Balaban J connectivity index is 2.62. The van der Waals surface area contributed by atoms with E-state index < -0.39 is 16.5 Å². The maximum atomic E-state index is 11.6. The third-order valence-electron chi connectivity index (χ3n) is 3.31. The Morgan fingerprint density at radius 1 is 1.14 bits per heavy atom. The summed E-state index contributed by atoms with van der Waals surface area (Å²) in [6, 6.07) is 11.7. The Bertz CT molecular complexity index is 698. The number of nitro groups is 1. The van der Waals surface area contributed by atoms with E-state index in [4.69, 9.17) is 0 Å². The van der Waals surface area contributed by atoms with Crippen molar-refractivity contribution in [2.75, 3.05) is 0 Å². The highest BCUT2D eigenvalue weighted by Gasteiger charge is 2.40. The van der Waals surface area contributed by atoms with Gasteiger partial charge >= 0.3 is 5.97 Å². The number of benzene rings is 2. The van der Waals surface area contributed by atoms with Crippen molar-refractivity contribution in [3.8, 4) is 0 Å². The van der Waals surface area contributed by atoms with Gasteiger partial charge in [-0.3, -0.25) is 10.1 Å². The first-order valence-corrected chi connectivity index (χ1v) is 6.14. The molecule has 0 spiro atoms. The topological polar surface area (TPSA) is 101 Å². The molecule has 0 aliphatic heterocycles. The van der Waals surface area contributed by atoms with E-state index in [1.807, 2.05) is 0 Å². The van der Waals surface area contributed by atoms with Crippen LogP contribution in [0.5, 0.6) is 0 Å². The van der Waals surface area contributed by atoms with Crippen molar-refractivity contribution in [1.29, 1.82) is 0 Å². The molecule has 2 rings (SSSR count). The summed E-state index contributed by atoms with van der Waals surface area (Å²) in [5.41, 5.74) is -1.83. The van der Waals surface area contributed by atoms with E-state index in [1.165, 1.54) is 37.3 Å². The van der Waals surface area contributed by atoms with Gasteiger partial charge in [0.15, 0.2) is 0 Å². The van der Waals surface area contributed by atoms with Crippen molar-refractivity contribution < 1.29 is 19.9 Å². The van der Waals surface area contributed by atoms with Crippen LogP contribution in [0.1, 0.15) is 16.7 Å². The average Bonchev–Trinajstić information content (AvgIpc) is 2.46. The summed E-state index contributed by atoms with van der Waals surface area (Å²) < 4.78 is 0. The molecular formula is C15H13NO5. The van der Waals surface area contributed by atoms with Crippen LogP contribution in [-0.2, 0) is 10.4 Å². The number of aliphatic hydroxyl groups is 1. The van der Waals surface area contributed by atoms with Gasteiger partial charge in [-0.15, -0.1) is 0 Å². The van der Waals surface area contributed by atoms with Crippen LogP contribution in [0.4, 0.5) is 5.69 Å². The number of hydrogen-bond donors (Lipinski definition) is 2. The molecule has 2 N–H and O–H groups in total. The number of carbonyl (C=O) groups is 1. The SMILES string of the molecule is Cc1cc(C(O)(C(=O)O)c2ccccc2)ccc1[N+](=O)[O-]. The second-order valence-electron chi connectivity index (χ2n) is 4.64. The number of carboxylic acid groups (broad SMARTS) is 1.